The number of carbonyl (C=O) groups excluding carboxylic acids is 1. The van der Waals surface area contributed by atoms with Gasteiger partial charge in [0, 0.05) is 17.8 Å². The molecular formula is C21H21FN4O2. The number of likely N-dealkylation sites (tertiary alicyclic amines) is 1. The predicted octanol–water partition coefficient (Wildman–Crippen LogP) is 4.94. The van der Waals surface area contributed by atoms with Crippen molar-refractivity contribution >= 4 is 11.7 Å². The number of nitrogens with one attached hydrogen (secondary N) is 1. The van der Waals surface area contributed by atoms with Crippen molar-refractivity contribution in [2.24, 2.45) is 0 Å². The van der Waals surface area contributed by atoms with Crippen LogP contribution in [0.1, 0.15) is 36.8 Å². The number of carbonyl (C=O) groups is 1. The highest BCUT2D eigenvalue weighted by Crippen LogP contribution is 2.31. The molecule has 4 rings (SSSR count). The maximum atomic E-state index is 13.1. The van der Waals surface area contributed by atoms with E-state index < -0.39 is 0 Å². The highest BCUT2D eigenvalue weighted by atomic mass is 19.1. The molecule has 7 heteroatoms. The zero-order valence-electron chi connectivity index (χ0n) is 15.6. The second-order valence-corrected chi connectivity index (χ2v) is 6.97. The van der Waals surface area contributed by atoms with Crippen molar-refractivity contribution in [2.45, 2.75) is 32.2 Å². The monoisotopic (exact) mass is 380 g/mol. The summed E-state index contributed by atoms with van der Waals surface area (Å²) in [7, 11) is 0. The molecule has 3 aromatic rings. The van der Waals surface area contributed by atoms with Gasteiger partial charge in [0.1, 0.15) is 11.9 Å². The fourth-order valence-corrected chi connectivity index (χ4v) is 3.44. The third-order valence-corrected chi connectivity index (χ3v) is 4.86. The second-order valence-electron chi connectivity index (χ2n) is 6.97. The number of rotatable bonds is 3. The van der Waals surface area contributed by atoms with Crippen LogP contribution in [-0.2, 0) is 0 Å². The van der Waals surface area contributed by atoms with Crippen LogP contribution in [0, 0.1) is 12.7 Å². The van der Waals surface area contributed by atoms with Gasteiger partial charge in [-0.1, -0.05) is 17.3 Å². The lowest BCUT2D eigenvalue weighted by atomic mass is 10.0. The van der Waals surface area contributed by atoms with E-state index in [9.17, 15) is 9.18 Å². The highest BCUT2D eigenvalue weighted by Gasteiger charge is 2.32. The van der Waals surface area contributed by atoms with Gasteiger partial charge in [0.2, 0.25) is 11.7 Å². The van der Waals surface area contributed by atoms with Gasteiger partial charge in [-0.2, -0.15) is 4.98 Å². The summed E-state index contributed by atoms with van der Waals surface area (Å²) >= 11 is 0. The summed E-state index contributed by atoms with van der Waals surface area (Å²) < 4.78 is 18.6. The lowest BCUT2D eigenvalue weighted by Gasteiger charge is -2.33. The number of urea groups is 1. The molecule has 0 aliphatic carbocycles. The van der Waals surface area contributed by atoms with Crippen molar-refractivity contribution in [1.82, 2.24) is 15.0 Å². The molecule has 0 spiro atoms. The van der Waals surface area contributed by atoms with Crippen LogP contribution < -0.4 is 5.32 Å². The van der Waals surface area contributed by atoms with Gasteiger partial charge in [0.25, 0.3) is 0 Å². The smallest absolute Gasteiger partial charge is 0.322 e. The Bertz CT molecular complexity index is 971. The largest absolute Gasteiger partial charge is 0.337 e. The first-order valence-electron chi connectivity index (χ1n) is 9.34. The summed E-state index contributed by atoms with van der Waals surface area (Å²) in [4.78, 5) is 19.1. The Kier molecular flexibility index (Phi) is 5.06. The van der Waals surface area contributed by atoms with Gasteiger partial charge >= 0.3 is 6.03 Å². The van der Waals surface area contributed by atoms with E-state index in [2.05, 4.69) is 15.5 Å². The van der Waals surface area contributed by atoms with E-state index in [-0.39, 0.29) is 17.9 Å². The zero-order valence-corrected chi connectivity index (χ0v) is 15.6. The summed E-state index contributed by atoms with van der Waals surface area (Å²) in [6.45, 7) is 2.60. The van der Waals surface area contributed by atoms with Gasteiger partial charge in [-0.15, -0.1) is 0 Å². The zero-order chi connectivity index (χ0) is 19.5. The van der Waals surface area contributed by atoms with Crippen molar-refractivity contribution in [2.75, 3.05) is 11.9 Å². The topological polar surface area (TPSA) is 71.3 Å². The van der Waals surface area contributed by atoms with Crippen molar-refractivity contribution in [3.8, 4) is 11.4 Å². The number of nitrogens with zero attached hydrogens (tertiary/aromatic N) is 3. The van der Waals surface area contributed by atoms with Crippen LogP contribution in [0.4, 0.5) is 14.9 Å². The molecule has 1 fully saturated rings. The molecule has 1 aromatic heterocycles. The average molecular weight is 380 g/mol. The SMILES string of the molecule is Cc1cccc(NC(=O)N2CCCCC2c2nc(-c3ccc(F)cc3)no2)c1. The highest BCUT2D eigenvalue weighted by molar-refractivity contribution is 5.89. The van der Waals surface area contributed by atoms with E-state index in [0.717, 1.165) is 30.5 Å². The molecule has 0 bridgehead atoms. The van der Waals surface area contributed by atoms with E-state index in [1.54, 1.807) is 17.0 Å². The lowest BCUT2D eigenvalue weighted by molar-refractivity contribution is 0.142. The van der Waals surface area contributed by atoms with Crippen molar-refractivity contribution in [3.05, 3.63) is 65.8 Å². The van der Waals surface area contributed by atoms with Crippen molar-refractivity contribution in [3.63, 3.8) is 0 Å². The third-order valence-electron chi connectivity index (χ3n) is 4.86. The number of anilines is 1. The molecular weight excluding hydrogens is 359 g/mol. The Morgan fingerprint density at radius 1 is 1.21 bits per heavy atom. The quantitative estimate of drug-likeness (QED) is 0.698. The molecule has 2 heterocycles. The van der Waals surface area contributed by atoms with Gasteiger partial charge in [0.15, 0.2) is 0 Å². The predicted molar refractivity (Wildman–Crippen MR) is 103 cm³/mol. The van der Waals surface area contributed by atoms with Crippen LogP contribution in [0.15, 0.2) is 53.1 Å². The molecule has 0 saturated carbocycles. The van der Waals surface area contributed by atoms with Gasteiger partial charge in [-0.05, 0) is 68.1 Å². The van der Waals surface area contributed by atoms with E-state index in [0.29, 0.717) is 23.8 Å². The number of hydrogen-bond donors (Lipinski definition) is 1. The fraction of sp³-hybridized carbons (Fsp3) is 0.286. The van der Waals surface area contributed by atoms with E-state index in [4.69, 9.17) is 4.52 Å². The minimum Gasteiger partial charge on any atom is -0.337 e. The fourth-order valence-electron chi connectivity index (χ4n) is 3.44. The second kappa shape index (κ2) is 7.80. The summed E-state index contributed by atoms with van der Waals surface area (Å²) in [6, 6.07) is 13.1. The average Bonchev–Trinajstić information content (AvgIpc) is 3.18. The standard InChI is InChI=1S/C21H21FN4O2/c1-14-5-4-6-17(13-14)23-21(27)26-12-3-2-7-18(26)20-24-19(25-28-20)15-8-10-16(22)11-9-15/h4-6,8-11,13,18H,2-3,7,12H2,1H3,(H,23,27). The first-order chi connectivity index (χ1) is 13.6. The number of benzene rings is 2. The van der Waals surface area contributed by atoms with Gasteiger partial charge in [0.05, 0.1) is 0 Å². The summed E-state index contributed by atoms with van der Waals surface area (Å²) in [5.74, 6) is 0.469. The summed E-state index contributed by atoms with van der Waals surface area (Å²) in [5.41, 5.74) is 2.50. The van der Waals surface area contributed by atoms with Crippen LogP contribution in [0.2, 0.25) is 0 Å². The third kappa shape index (κ3) is 3.88. The molecule has 2 aromatic carbocycles. The Morgan fingerprint density at radius 2 is 2.04 bits per heavy atom. The van der Waals surface area contributed by atoms with Crippen LogP contribution in [-0.4, -0.2) is 27.6 Å². The molecule has 2 amide bonds. The number of aryl methyl sites for hydroxylation is 1. The van der Waals surface area contributed by atoms with Gasteiger partial charge < -0.3 is 14.7 Å². The number of aromatic nitrogens is 2. The van der Waals surface area contributed by atoms with Gasteiger partial charge in [-0.25, -0.2) is 9.18 Å². The van der Waals surface area contributed by atoms with Gasteiger partial charge in [-0.3, -0.25) is 0 Å². The Morgan fingerprint density at radius 3 is 2.82 bits per heavy atom. The van der Waals surface area contributed by atoms with E-state index in [1.165, 1.54) is 12.1 Å². The first kappa shape index (κ1) is 18.2. The lowest BCUT2D eigenvalue weighted by Crippen LogP contribution is -2.41. The normalized spacial score (nSPS) is 16.8. The Balaban J connectivity index is 1.54. The van der Waals surface area contributed by atoms with Crippen molar-refractivity contribution < 1.29 is 13.7 Å². The molecule has 144 valence electrons. The minimum absolute atomic E-state index is 0.183. The number of piperidine rings is 1. The number of amides is 2. The maximum Gasteiger partial charge on any atom is 0.322 e. The molecule has 1 atom stereocenters. The van der Waals surface area contributed by atoms with E-state index >= 15 is 0 Å². The molecule has 1 aliphatic rings. The van der Waals surface area contributed by atoms with Crippen LogP contribution in [0.25, 0.3) is 11.4 Å². The minimum atomic E-state index is -0.321. The number of halogens is 1. The number of hydrogen-bond acceptors (Lipinski definition) is 4. The first-order valence-corrected chi connectivity index (χ1v) is 9.34. The summed E-state index contributed by atoms with van der Waals surface area (Å²) in [5, 5.41) is 6.97. The molecule has 28 heavy (non-hydrogen) atoms. The molecule has 6 nitrogen and oxygen atoms in total. The molecule has 1 aliphatic heterocycles. The van der Waals surface area contributed by atoms with Crippen molar-refractivity contribution in [1.29, 1.82) is 0 Å². The summed E-state index contributed by atoms with van der Waals surface area (Å²) in [6.07, 6.45) is 2.66. The molecule has 1 N–H and O–H groups in total. The van der Waals surface area contributed by atoms with Crippen LogP contribution >= 0.6 is 0 Å². The maximum absolute atomic E-state index is 13.1. The van der Waals surface area contributed by atoms with Crippen LogP contribution in [0.5, 0.6) is 0 Å². The Hall–Kier alpha value is -3.22. The Labute approximate surface area is 162 Å². The molecule has 1 saturated heterocycles. The molecule has 1 unspecified atom stereocenters. The van der Waals surface area contributed by atoms with E-state index in [1.807, 2.05) is 31.2 Å². The molecule has 0 radical (unpaired) electrons. The van der Waals surface area contributed by atoms with Crippen LogP contribution in [0.3, 0.4) is 0 Å².